The molecule has 19 heavy (non-hydrogen) atoms. The van der Waals surface area contributed by atoms with Crippen LogP contribution in [0.15, 0.2) is 24.3 Å². The van der Waals surface area contributed by atoms with Gasteiger partial charge in [-0.2, -0.15) is 0 Å². The molecule has 0 radical (unpaired) electrons. The number of hydrogen-bond donors (Lipinski definition) is 2. The molecule has 0 fully saturated rings. The molecule has 1 atom stereocenters. The number of methoxy groups -OCH3 is 1. The van der Waals surface area contributed by atoms with E-state index in [1.54, 1.807) is 18.2 Å². The Morgan fingerprint density at radius 3 is 2.89 bits per heavy atom. The number of rotatable bonds is 8. The third kappa shape index (κ3) is 6.28. The van der Waals surface area contributed by atoms with Crippen LogP contribution < -0.4 is 5.32 Å². The summed E-state index contributed by atoms with van der Waals surface area (Å²) in [6.07, 6.45) is -0.767. The number of carbonyl (C=O) groups is 1. The van der Waals surface area contributed by atoms with Gasteiger partial charge in [-0.3, -0.25) is 4.79 Å². The molecule has 2 N–H and O–H groups in total. The molecule has 0 aromatic heterocycles. The normalized spacial score (nSPS) is 12.2. The van der Waals surface area contributed by atoms with Gasteiger partial charge >= 0.3 is 5.97 Å². The van der Waals surface area contributed by atoms with Gasteiger partial charge in [-0.25, -0.2) is 4.39 Å². The average Bonchev–Trinajstić information content (AvgIpc) is 2.40. The number of aliphatic hydroxyl groups excluding tert-OH is 1. The van der Waals surface area contributed by atoms with Gasteiger partial charge in [0.1, 0.15) is 5.82 Å². The van der Waals surface area contributed by atoms with Crippen LogP contribution in [0.5, 0.6) is 0 Å². The number of halogens is 1. The minimum Gasteiger partial charge on any atom is -0.468 e. The van der Waals surface area contributed by atoms with Crippen LogP contribution in [0.25, 0.3) is 0 Å². The van der Waals surface area contributed by atoms with E-state index in [-0.39, 0.29) is 32.1 Å². The standard InChI is InChI=1S/C13H18FNO4/c1-18-13(17)7-15-6-11(16)9-19-8-10-4-2-3-5-12(10)14/h2-5,11,15-16H,6-9H2,1H3. The number of ether oxygens (including phenoxy) is 2. The predicted octanol–water partition coefficient (Wildman–Crippen LogP) is 0.466. The zero-order valence-corrected chi connectivity index (χ0v) is 10.8. The van der Waals surface area contributed by atoms with Crippen LogP contribution in [0.4, 0.5) is 4.39 Å². The van der Waals surface area contributed by atoms with E-state index in [1.807, 2.05) is 0 Å². The Hall–Kier alpha value is -1.50. The molecule has 0 saturated heterocycles. The Morgan fingerprint density at radius 2 is 2.21 bits per heavy atom. The lowest BCUT2D eigenvalue weighted by molar-refractivity contribution is -0.139. The van der Waals surface area contributed by atoms with Gasteiger partial charge in [0.15, 0.2) is 0 Å². The smallest absolute Gasteiger partial charge is 0.319 e. The summed E-state index contributed by atoms with van der Waals surface area (Å²) in [5, 5.41) is 12.3. The molecular weight excluding hydrogens is 253 g/mol. The first-order valence-corrected chi connectivity index (χ1v) is 5.90. The van der Waals surface area contributed by atoms with Crippen LogP contribution in [0.2, 0.25) is 0 Å². The van der Waals surface area contributed by atoms with E-state index < -0.39 is 12.1 Å². The zero-order valence-electron chi connectivity index (χ0n) is 10.8. The fourth-order valence-electron chi connectivity index (χ4n) is 1.39. The first-order valence-electron chi connectivity index (χ1n) is 5.90. The maximum atomic E-state index is 13.2. The number of nitrogens with one attached hydrogen (secondary N) is 1. The molecule has 0 spiro atoms. The SMILES string of the molecule is COC(=O)CNCC(O)COCc1ccccc1F. The molecule has 106 valence electrons. The van der Waals surface area contributed by atoms with Gasteiger partial charge < -0.3 is 19.9 Å². The van der Waals surface area contributed by atoms with Crippen molar-refractivity contribution in [2.75, 3.05) is 26.8 Å². The molecule has 0 aliphatic heterocycles. The number of esters is 1. The topological polar surface area (TPSA) is 67.8 Å². The lowest BCUT2D eigenvalue weighted by Crippen LogP contribution is -2.34. The summed E-state index contributed by atoms with van der Waals surface area (Å²) in [5.41, 5.74) is 0.442. The Labute approximate surface area is 111 Å². The summed E-state index contributed by atoms with van der Waals surface area (Å²) in [5.74, 6) is -0.736. The average molecular weight is 271 g/mol. The van der Waals surface area contributed by atoms with E-state index in [2.05, 4.69) is 10.1 Å². The maximum Gasteiger partial charge on any atom is 0.319 e. The molecule has 1 aromatic rings. The largest absolute Gasteiger partial charge is 0.468 e. The van der Waals surface area contributed by atoms with E-state index in [9.17, 15) is 14.3 Å². The minimum atomic E-state index is -0.767. The molecule has 0 saturated carbocycles. The van der Waals surface area contributed by atoms with Crippen molar-refractivity contribution in [3.05, 3.63) is 35.6 Å². The molecule has 1 aromatic carbocycles. The fourth-order valence-corrected chi connectivity index (χ4v) is 1.39. The third-order valence-corrected chi connectivity index (χ3v) is 2.40. The summed E-state index contributed by atoms with van der Waals surface area (Å²) in [6.45, 7) is 0.385. The van der Waals surface area contributed by atoms with Gasteiger partial charge in [-0.05, 0) is 6.07 Å². The highest BCUT2D eigenvalue weighted by Gasteiger charge is 2.07. The number of hydrogen-bond acceptors (Lipinski definition) is 5. The van der Waals surface area contributed by atoms with Gasteiger partial charge in [0.25, 0.3) is 0 Å². The van der Waals surface area contributed by atoms with Crippen LogP contribution >= 0.6 is 0 Å². The Balaban J connectivity index is 2.15. The van der Waals surface area contributed by atoms with Crippen LogP contribution in [-0.4, -0.2) is 44.0 Å². The molecule has 0 amide bonds. The first-order chi connectivity index (χ1) is 9.13. The second-order valence-electron chi connectivity index (χ2n) is 3.97. The van der Waals surface area contributed by atoms with Gasteiger partial charge in [0.05, 0.1) is 33.0 Å². The van der Waals surface area contributed by atoms with E-state index in [1.165, 1.54) is 13.2 Å². The van der Waals surface area contributed by atoms with Crippen molar-refractivity contribution in [2.45, 2.75) is 12.7 Å². The van der Waals surface area contributed by atoms with Crippen molar-refractivity contribution in [3.8, 4) is 0 Å². The summed E-state index contributed by atoms with van der Waals surface area (Å²) in [6, 6.07) is 6.30. The van der Waals surface area contributed by atoms with E-state index in [0.717, 1.165) is 0 Å². The van der Waals surface area contributed by atoms with Crippen molar-refractivity contribution < 1.29 is 23.8 Å². The summed E-state index contributed by atoms with van der Waals surface area (Å²) < 4.78 is 22.9. The van der Waals surface area contributed by atoms with E-state index >= 15 is 0 Å². The number of benzene rings is 1. The van der Waals surface area contributed by atoms with Crippen LogP contribution in [0.1, 0.15) is 5.56 Å². The molecular formula is C13H18FNO4. The van der Waals surface area contributed by atoms with Gasteiger partial charge in [0, 0.05) is 12.1 Å². The quantitative estimate of drug-likeness (QED) is 0.673. The Bertz CT molecular complexity index is 400. The summed E-state index contributed by atoms with van der Waals surface area (Å²) in [7, 11) is 1.29. The zero-order chi connectivity index (χ0) is 14.1. The van der Waals surface area contributed by atoms with Crippen LogP contribution in [0.3, 0.4) is 0 Å². The number of carbonyl (C=O) groups excluding carboxylic acids is 1. The predicted molar refractivity (Wildman–Crippen MR) is 66.9 cm³/mol. The molecule has 0 aliphatic rings. The van der Waals surface area contributed by atoms with Crippen LogP contribution in [0, 0.1) is 5.82 Å². The third-order valence-electron chi connectivity index (χ3n) is 2.40. The van der Waals surface area contributed by atoms with E-state index in [0.29, 0.717) is 5.56 Å². The lowest BCUT2D eigenvalue weighted by atomic mass is 10.2. The van der Waals surface area contributed by atoms with Crippen molar-refractivity contribution >= 4 is 5.97 Å². The lowest BCUT2D eigenvalue weighted by Gasteiger charge is -2.12. The maximum absolute atomic E-state index is 13.2. The monoisotopic (exact) mass is 271 g/mol. The van der Waals surface area contributed by atoms with Crippen molar-refractivity contribution in [1.29, 1.82) is 0 Å². The molecule has 1 rings (SSSR count). The Morgan fingerprint density at radius 1 is 1.47 bits per heavy atom. The first kappa shape index (κ1) is 15.6. The second kappa shape index (κ2) is 8.58. The summed E-state index contributed by atoms with van der Waals surface area (Å²) >= 11 is 0. The molecule has 0 aliphatic carbocycles. The highest BCUT2D eigenvalue weighted by atomic mass is 19.1. The minimum absolute atomic E-state index is 0.0286. The molecule has 1 unspecified atom stereocenters. The van der Waals surface area contributed by atoms with Crippen molar-refractivity contribution in [3.63, 3.8) is 0 Å². The fraction of sp³-hybridized carbons (Fsp3) is 0.462. The molecule has 5 nitrogen and oxygen atoms in total. The summed E-state index contributed by atoms with van der Waals surface area (Å²) in [4.78, 5) is 10.8. The highest BCUT2D eigenvalue weighted by Crippen LogP contribution is 2.07. The molecule has 6 heteroatoms. The second-order valence-corrected chi connectivity index (χ2v) is 3.97. The molecule has 0 heterocycles. The van der Waals surface area contributed by atoms with Gasteiger partial charge in [-0.15, -0.1) is 0 Å². The van der Waals surface area contributed by atoms with Crippen molar-refractivity contribution in [2.24, 2.45) is 0 Å². The van der Waals surface area contributed by atoms with Crippen LogP contribution in [-0.2, 0) is 20.9 Å². The molecule has 0 bridgehead atoms. The van der Waals surface area contributed by atoms with Gasteiger partial charge in [-0.1, -0.05) is 18.2 Å². The Kier molecular flexibility index (Phi) is 7.02. The number of aliphatic hydroxyl groups is 1. The van der Waals surface area contributed by atoms with Crippen molar-refractivity contribution in [1.82, 2.24) is 5.32 Å². The van der Waals surface area contributed by atoms with E-state index in [4.69, 9.17) is 4.74 Å². The highest BCUT2D eigenvalue weighted by molar-refractivity contribution is 5.71. The van der Waals surface area contributed by atoms with Gasteiger partial charge in [0.2, 0.25) is 0 Å².